The third kappa shape index (κ3) is 3.54. The van der Waals surface area contributed by atoms with Crippen LogP contribution >= 0.6 is 11.3 Å². The molecule has 1 unspecified atom stereocenters. The summed E-state index contributed by atoms with van der Waals surface area (Å²) in [6.45, 7) is 1.56. The van der Waals surface area contributed by atoms with Crippen LogP contribution in [0, 0.1) is 6.92 Å². The largest absolute Gasteiger partial charge is 0.442 e. The van der Waals surface area contributed by atoms with Gasteiger partial charge >= 0.3 is 11.8 Å². The molecule has 1 atom stereocenters. The maximum absolute atomic E-state index is 14.3. The molecule has 0 aliphatic carbocycles. The molecule has 0 fully saturated rings. The van der Waals surface area contributed by atoms with Crippen LogP contribution in [0.2, 0.25) is 0 Å². The van der Waals surface area contributed by atoms with Gasteiger partial charge in [-0.2, -0.15) is 13.2 Å². The summed E-state index contributed by atoms with van der Waals surface area (Å²) in [5.41, 5.74) is -2.10. The van der Waals surface area contributed by atoms with Crippen LogP contribution in [0.4, 0.5) is 18.3 Å². The Balaban J connectivity index is 1.83. The highest BCUT2D eigenvalue weighted by molar-refractivity contribution is 7.15. The summed E-state index contributed by atoms with van der Waals surface area (Å²) in [6.07, 6.45) is -5.00. The Hall–Kier alpha value is -3.27. The molecule has 0 spiro atoms. The first-order chi connectivity index (χ1) is 14.3. The number of amidine groups is 1. The molecule has 4 rings (SSSR count). The van der Waals surface area contributed by atoms with E-state index in [0.717, 1.165) is 16.2 Å². The number of halogens is 3. The average Bonchev–Trinajstić information content (AvgIpc) is 3.26. The van der Waals surface area contributed by atoms with Gasteiger partial charge in [-0.15, -0.1) is 10.2 Å². The van der Waals surface area contributed by atoms with Gasteiger partial charge in [-0.1, -0.05) is 72.0 Å². The topological polar surface area (TPSA) is 70.5 Å². The number of nitrogens with one attached hydrogen (secondary N) is 1. The van der Waals surface area contributed by atoms with E-state index in [0.29, 0.717) is 16.1 Å². The molecule has 0 saturated heterocycles. The minimum atomic E-state index is -5.00. The number of benzene rings is 2. The number of aryl methyl sites for hydroxylation is 1. The smallest absolute Gasteiger partial charge is 0.320 e. The number of hydrogen-bond donors (Lipinski definition) is 1. The Labute approximate surface area is 174 Å². The lowest BCUT2D eigenvalue weighted by atomic mass is 10.1. The quantitative estimate of drug-likeness (QED) is 0.663. The molecule has 10 heteroatoms. The first-order valence-corrected chi connectivity index (χ1v) is 9.78. The molecule has 154 valence electrons. The molecule has 1 aliphatic rings. The van der Waals surface area contributed by atoms with Gasteiger partial charge in [-0.25, -0.2) is 4.99 Å². The van der Waals surface area contributed by atoms with Crippen LogP contribution < -0.4 is 5.32 Å². The number of rotatable bonds is 5. The zero-order valence-electron chi connectivity index (χ0n) is 15.7. The van der Waals surface area contributed by atoms with Crippen molar-refractivity contribution in [3.63, 3.8) is 0 Å². The number of aliphatic imine (C=N–C) groups is 1. The highest BCUT2D eigenvalue weighted by Crippen LogP contribution is 2.41. The van der Waals surface area contributed by atoms with Gasteiger partial charge in [0.25, 0.3) is 5.91 Å². The van der Waals surface area contributed by atoms with Crippen molar-refractivity contribution in [3.05, 3.63) is 76.8 Å². The number of hydrogen-bond acceptors (Lipinski definition) is 6. The monoisotopic (exact) mass is 431 g/mol. The zero-order valence-corrected chi connectivity index (χ0v) is 16.5. The molecule has 2 heterocycles. The van der Waals surface area contributed by atoms with Gasteiger partial charge < -0.3 is 5.32 Å². The standard InChI is InChI=1S/C20H16F3N5OS/c1-13-26-27-18(30-13)25-19(20(21,22)23)17(29)28(12-14-8-4-2-5-9-14)16(24-19)15-10-6-3-7-11-15/h2-11H,12H2,1H3,(H,25,27). The first-order valence-electron chi connectivity index (χ1n) is 8.96. The molecule has 1 aromatic heterocycles. The second-order valence-corrected chi connectivity index (χ2v) is 7.82. The van der Waals surface area contributed by atoms with Gasteiger partial charge in [0.2, 0.25) is 5.13 Å². The third-order valence-corrected chi connectivity index (χ3v) is 5.28. The van der Waals surface area contributed by atoms with Crippen LogP contribution in [0.1, 0.15) is 16.1 Å². The Morgan fingerprint density at radius 3 is 2.23 bits per heavy atom. The van der Waals surface area contributed by atoms with Crippen LogP contribution in [-0.2, 0) is 11.3 Å². The van der Waals surface area contributed by atoms with Crippen LogP contribution in [0.15, 0.2) is 65.7 Å². The fourth-order valence-electron chi connectivity index (χ4n) is 3.12. The highest BCUT2D eigenvalue weighted by Gasteiger charge is 2.66. The van der Waals surface area contributed by atoms with Crippen LogP contribution in [0.3, 0.4) is 0 Å². The highest BCUT2D eigenvalue weighted by atomic mass is 32.1. The molecule has 1 amide bonds. The van der Waals surface area contributed by atoms with Crippen molar-refractivity contribution < 1.29 is 18.0 Å². The minimum absolute atomic E-state index is 0.0535. The van der Waals surface area contributed by atoms with Crippen molar-refractivity contribution in [1.82, 2.24) is 15.1 Å². The summed E-state index contributed by atoms with van der Waals surface area (Å²) >= 11 is 0.920. The maximum atomic E-state index is 14.3. The van der Waals surface area contributed by atoms with Crippen molar-refractivity contribution in [2.75, 3.05) is 5.32 Å². The molecular weight excluding hydrogens is 415 g/mol. The van der Waals surface area contributed by atoms with Gasteiger partial charge in [0.15, 0.2) is 0 Å². The van der Waals surface area contributed by atoms with Crippen molar-refractivity contribution in [2.24, 2.45) is 4.99 Å². The molecule has 3 aromatic rings. The van der Waals surface area contributed by atoms with E-state index >= 15 is 0 Å². The van der Waals surface area contributed by atoms with Crippen LogP contribution in [-0.4, -0.2) is 38.7 Å². The fraction of sp³-hybridized carbons (Fsp3) is 0.200. The summed E-state index contributed by atoms with van der Waals surface area (Å²) in [5, 5.41) is 9.98. The maximum Gasteiger partial charge on any atom is 0.442 e. The third-order valence-electron chi connectivity index (χ3n) is 4.52. The number of aromatic nitrogens is 2. The van der Waals surface area contributed by atoms with E-state index in [-0.39, 0.29) is 17.5 Å². The van der Waals surface area contributed by atoms with Gasteiger partial charge in [0.1, 0.15) is 10.8 Å². The Kier molecular flexibility index (Phi) is 5.02. The summed E-state index contributed by atoms with van der Waals surface area (Å²) in [6, 6.07) is 17.1. The van der Waals surface area contributed by atoms with Gasteiger partial charge in [0.05, 0.1) is 6.54 Å². The van der Waals surface area contributed by atoms with Crippen molar-refractivity contribution >= 4 is 28.2 Å². The summed E-state index contributed by atoms with van der Waals surface area (Å²) in [4.78, 5) is 18.2. The first kappa shape index (κ1) is 20.0. The average molecular weight is 431 g/mol. The summed E-state index contributed by atoms with van der Waals surface area (Å²) in [5.74, 6) is -1.28. The molecule has 1 N–H and O–H groups in total. The number of nitrogens with zero attached hydrogens (tertiary/aromatic N) is 4. The van der Waals surface area contributed by atoms with E-state index in [9.17, 15) is 18.0 Å². The summed E-state index contributed by atoms with van der Waals surface area (Å²) in [7, 11) is 0. The van der Waals surface area contributed by atoms with Crippen LogP contribution in [0.5, 0.6) is 0 Å². The normalized spacial score (nSPS) is 19.1. The van der Waals surface area contributed by atoms with E-state index in [1.54, 1.807) is 67.6 Å². The van der Waals surface area contributed by atoms with Crippen molar-refractivity contribution in [3.8, 4) is 0 Å². The number of amides is 1. The second-order valence-electron chi connectivity index (χ2n) is 6.64. The molecule has 0 radical (unpaired) electrons. The van der Waals surface area contributed by atoms with E-state index in [1.165, 1.54) is 0 Å². The summed E-state index contributed by atoms with van der Waals surface area (Å²) < 4.78 is 42.9. The van der Waals surface area contributed by atoms with Gasteiger partial charge in [0, 0.05) is 5.56 Å². The fourth-order valence-corrected chi connectivity index (χ4v) is 3.76. The molecule has 1 aliphatic heterocycles. The zero-order chi connectivity index (χ0) is 21.4. The van der Waals surface area contributed by atoms with Crippen LogP contribution in [0.25, 0.3) is 0 Å². The van der Waals surface area contributed by atoms with E-state index in [4.69, 9.17) is 0 Å². The number of alkyl halides is 3. The van der Waals surface area contributed by atoms with Crippen molar-refractivity contribution in [2.45, 2.75) is 25.3 Å². The molecular formula is C20H16F3N5OS. The number of carbonyl (C=O) groups is 1. The van der Waals surface area contributed by atoms with Gasteiger partial charge in [-0.3, -0.25) is 9.69 Å². The SMILES string of the molecule is Cc1nnc(NC2(C(F)(F)F)N=C(c3ccccc3)N(Cc3ccccc3)C2=O)s1. The van der Waals surface area contributed by atoms with Crippen molar-refractivity contribution in [1.29, 1.82) is 0 Å². The van der Waals surface area contributed by atoms with Gasteiger partial charge in [-0.05, 0) is 12.5 Å². The Morgan fingerprint density at radius 2 is 1.67 bits per heavy atom. The predicted molar refractivity (Wildman–Crippen MR) is 107 cm³/mol. The molecule has 0 saturated carbocycles. The number of carbonyl (C=O) groups excluding carboxylic acids is 1. The van der Waals surface area contributed by atoms with E-state index in [1.807, 2.05) is 0 Å². The van der Waals surface area contributed by atoms with E-state index in [2.05, 4.69) is 20.5 Å². The predicted octanol–water partition coefficient (Wildman–Crippen LogP) is 4.01. The molecule has 30 heavy (non-hydrogen) atoms. The second kappa shape index (κ2) is 7.52. The number of anilines is 1. The Bertz CT molecular complexity index is 1080. The lowest BCUT2D eigenvalue weighted by Crippen LogP contribution is -2.57. The lowest BCUT2D eigenvalue weighted by Gasteiger charge is -2.28. The van der Waals surface area contributed by atoms with E-state index < -0.39 is 17.7 Å². The molecule has 2 aromatic carbocycles. The molecule has 6 nitrogen and oxygen atoms in total. The Morgan fingerprint density at radius 1 is 1.03 bits per heavy atom. The lowest BCUT2D eigenvalue weighted by molar-refractivity contribution is -0.185. The molecule has 0 bridgehead atoms. The minimum Gasteiger partial charge on any atom is -0.320 e.